The Morgan fingerprint density at radius 1 is 0.933 bits per heavy atom. The lowest BCUT2D eigenvalue weighted by Crippen LogP contribution is -2.06. The SMILES string of the molecule is c1ccc(Cn2c(SCc3ccccc3Oc3cccnc3)nnc2C2CC2)cc1. The molecule has 2 aromatic carbocycles. The number of thioether (sulfide) groups is 1. The zero-order chi connectivity index (χ0) is 20.2. The molecular weight excluding hydrogens is 392 g/mol. The number of hydrogen-bond donors (Lipinski definition) is 0. The summed E-state index contributed by atoms with van der Waals surface area (Å²) in [6, 6.07) is 22.4. The minimum Gasteiger partial charge on any atom is -0.455 e. The summed E-state index contributed by atoms with van der Waals surface area (Å²) in [5.41, 5.74) is 2.38. The van der Waals surface area contributed by atoms with E-state index in [9.17, 15) is 0 Å². The Morgan fingerprint density at radius 2 is 1.77 bits per heavy atom. The lowest BCUT2D eigenvalue weighted by molar-refractivity contribution is 0.476. The lowest BCUT2D eigenvalue weighted by atomic mass is 10.2. The van der Waals surface area contributed by atoms with Crippen molar-refractivity contribution in [2.75, 3.05) is 0 Å². The number of ether oxygens (including phenoxy) is 1. The van der Waals surface area contributed by atoms with Crippen molar-refractivity contribution in [3.8, 4) is 11.5 Å². The molecule has 4 aromatic rings. The normalized spacial score (nSPS) is 13.3. The summed E-state index contributed by atoms with van der Waals surface area (Å²) in [5.74, 6) is 4.00. The van der Waals surface area contributed by atoms with Crippen molar-refractivity contribution in [3.05, 3.63) is 96.1 Å². The van der Waals surface area contributed by atoms with Crippen LogP contribution in [0.1, 0.15) is 35.7 Å². The second kappa shape index (κ2) is 8.71. The average Bonchev–Trinajstić information content (AvgIpc) is 3.56. The topological polar surface area (TPSA) is 52.8 Å². The molecule has 0 amide bonds. The zero-order valence-electron chi connectivity index (χ0n) is 16.5. The Labute approximate surface area is 180 Å². The number of para-hydroxylation sites is 1. The van der Waals surface area contributed by atoms with Crippen LogP contribution in [0.25, 0.3) is 0 Å². The first kappa shape index (κ1) is 18.9. The van der Waals surface area contributed by atoms with Crippen molar-refractivity contribution in [2.24, 2.45) is 0 Å². The third-order valence-corrected chi connectivity index (χ3v) is 6.08. The van der Waals surface area contributed by atoms with Gasteiger partial charge in [-0.05, 0) is 36.6 Å². The number of pyridine rings is 1. The fourth-order valence-electron chi connectivity index (χ4n) is 3.36. The highest BCUT2D eigenvalue weighted by atomic mass is 32.2. The predicted octanol–water partition coefficient (Wildman–Crippen LogP) is 5.68. The summed E-state index contributed by atoms with van der Waals surface area (Å²) in [4.78, 5) is 4.13. The Hall–Kier alpha value is -3.12. The molecule has 6 heteroatoms. The van der Waals surface area contributed by atoms with Crippen LogP contribution in [0.3, 0.4) is 0 Å². The van der Waals surface area contributed by atoms with E-state index in [1.54, 1.807) is 24.2 Å². The summed E-state index contributed by atoms with van der Waals surface area (Å²) in [6.07, 6.45) is 5.88. The maximum atomic E-state index is 6.06. The van der Waals surface area contributed by atoms with Gasteiger partial charge in [0.05, 0.1) is 12.7 Å². The Bertz CT molecular complexity index is 1110. The van der Waals surface area contributed by atoms with E-state index in [1.807, 2.05) is 36.4 Å². The first-order chi connectivity index (χ1) is 14.9. The molecule has 150 valence electrons. The number of rotatable bonds is 8. The second-order valence-electron chi connectivity index (χ2n) is 7.37. The van der Waals surface area contributed by atoms with Crippen LogP contribution in [0.15, 0.2) is 84.3 Å². The first-order valence-corrected chi connectivity index (χ1v) is 11.1. The van der Waals surface area contributed by atoms with E-state index < -0.39 is 0 Å². The van der Waals surface area contributed by atoms with Crippen LogP contribution in [-0.2, 0) is 12.3 Å². The fourth-order valence-corrected chi connectivity index (χ4v) is 4.30. The van der Waals surface area contributed by atoms with Crippen LogP contribution in [0, 0.1) is 0 Å². The summed E-state index contributed by atoms with van der Waals surface area (Å²) in [6.45, 7) is 0.801. The summed E-state index contributed by atoms with van der Waals surface area (Å²) in [7, 11) is 0. The molecule has 1 aliphatic rings. The predicted molar refractivity (Wildman–Crippen MR) is 118 cm³/mol. The van der Waals surface area contributed by atoms with Crippen LogP contribution < -0.4 is 4.74 Å². The minimum atomic E-state index is 0.553. The van der Waals surface area contributed by atoms with Gasteiger partial charge in [0.1, 0.15) is 17.3 Å². The number of hydrogen-bond acceptors (Lipinski definition) is 5. The summed E-state index contributed by atoms with van der Waals surface area (Å²) >= 11 is 1.70. The molecule has 0 radical (unpaired) electrons. The van der Waals surface area contributed by atoms with Gasteiger partial charge in [0, 0.05) is 23.4 Å². The molecule has 2 aromatic heterocycles. The largest absolute Gasteiger partial charge is 0.455 e. The van der Waals surface area contributed by atoms with Gasteiger partial charge in [-0.1, -0.05) is 60.3 Å². The molecule has 1 aliphatic carbocycles. The van der Waals surface area contributed by atoms with E-state index in [4.69, 9.17) is 4.74 Å². The minimum absolute atomic E-state index is 0.553. The molecule has 5 rings (SSSR count). The summed E-state index contributed by atoms with van der Waals surface area (Å²) in [5, 5.41) is 10.0. The maximum Gasteiger partial charge on any atom is 0.191 e. The van der Waals surface area contributed by atoms with Crippen molar-refractivity contribution in [1.82, 2.24) is 19.7 Å². The van der Waals surface area contributed by atoms with Crippen molar-refractivity contribution in [2.45, 2.75) is 36.2 Å². The fraction of sp³-hybridized carbons (Fsp3) is 0.208. The molecule has 0 saturated heterocycles. The van der Waals surface area contributed by atoms with Gasteiger partial charge in [0.2, 0.25) is 0 Å². The molecule has 5 nitrogen and oxygen atoms in total. The first-order valence-electron chi connectivity index (χ1n) is 10.1. The molecular formula is C24H22N4OS. The van der Waals surface area contributed by atoms with Gasteiger partial charge >= 0.3 is 0 Å². The van der Waals surface area contributed by atoms with Gasteiger partial charge in [0.25, 0.3) is 0 Å². The standard InChI is InChI=1S/C24H22N4OS/c1-2-7-18(8-3-1)16-28-23(19-12-13-19)26-27-24(28)30-17-20-9-4-5-11-22(20)29-21-10-6-14-25-15-21/h1-11,14-15,19H,12-13,16-17H2. The molecule has 30 heavy (non-hydrogen) atoms. The van der Waals surface area contributed by atoms with Crippen molar-refractivity contribution in [3.63, 3.8) is 0 Å². The van der Waals surface area contributed by atoms with Crippen molar-refractivity contribution in [1.29, 1.82) is 0 Å². The molecule has 0 atom stereocenters. The third kappa shape index (κ3) is 4.39. The van der Waals surface area contributed by atoms with Crippen molar-refractivity contribution >= 4 is 11.8 Å². The van der Waals surface area contributed by atoms with Crippen LogP contribution in [0.4, 0.5) is 0 Å². The lowest BCUT2D eigenvalue weighted by Gasteiger charge is -2.12. The van der Waals surface area contributed by atoms with E-state index in [-0.39, 0.29) is 0 Å². The average molecular weight is 415 g/mol. The van der Waals surface area contributed by atoms with Gasteiger partial charge < -0.3 is 9.30 Å². The molecule has 1 fully saturated rings. The van der Waals surface area contributed by atoms with Crippen LogP contribution >= 0.6 is 11.8 Å². The van der Waals surface area contributed by atoms with Crippen LogP contribution in [0.5, 0.6) is 11.5 Å². The Morgan fingerprint density at radius 3 is 2.57 bits per heavy atom. The second-order valence-corrected chi connectivity index (χ2v) is 8.32. The Kier molecular flexibility index (Phi) is 5.48. The molecule has 0 bridgehead atoms. The van der Waals surface area contributed by atoms with E-state index in [1.165, 1.54) is 18.4 Å². The van der Waals surface area contributed by atoms with E-state index in [0.717, 1.165) is 40.3 Å². The zero-order valence-corrected chi connectivity index (χ0v) is 17.3. The van der Waals surface area contributed by atoms with Gasteiger partial charge in [-0.3, -0.25) is 4.98 Å². The van der Waals surface area contributed by atoms with Gasteiger partial charge in [-0.25, -0.2) is 0 Å². The number of aromatic nitrogens is 4. The van der Waals surface area contributed by atoms with Crippen LogP contribution in [-0.4, -0.2) is 19.7 Å². The highest BCUT2D eigenvalue weighted by Crippen LogP contribution is 2.40. The third-order valence-electron chi connectivity index (χ3n) is 5.06. The van der Waals surface area contributed by atoms with Crippen LogP contribution in [0.2, 0.25) is 0 Å². The van der Waals surface area contributed by atoms with Gasteiger partial charge in [-0.2, -0.15) is 0 Å². The van der Waals surface area contributed by atoms with E-state index in [2.05, 4.69) is 50.1 Å². The van der Waals surface area contributed by atoms with E-state index in [0.29, 0.717) is 5.92 Å². The highest BCUT2D eigenvalue weighted by Gasteiger charge is 2.30. The van der Waals surface area contributed by atoms with Crippen molar-refractivity contribution < 1.29 is 4.74 Å². The number of nitrogens with zero attached hydrogens (tertiary/aromatic N) is 4. The van der Waals surface area contributed by atoms with E-state index >= 15 is 0 Å². The molecule has 0 N–H and O–H groups in total. The monoisotopic (exact) mass is 414 g/mol. The molecule has 0 unspecified atom stereocenters. The Balaban J connectivity index is 1.36. The summed E-state index contributed by atoms with van der Waals surface area (Å²) < 4.78 is 8.34. The van der Waals surface area contributed by atoms with Gasteiger partial charge in [0.15, 0.2) is 5.16 Å². The molecule has 1 saturated carbocycles. The maximum absolute atomic E-state index is 6.06. The highest BCUT2D eigenvalue weighted by molar-refractivity contribution is 7.98. The number of benzene rings is 2. The van der Waals surface area contributed by atoms with Gasteiger partial charge in [-0.15, -0.1) is 10.2 Å². The smallest absolute Gasteiger partial charge is 0.191 e. The molecule has 0 spiro atoms. The molecule has 2 heterocycles. The molecule has 0 aliphatic heterocycles. The quantitative estimate of drug-likeness (QED) is 0.347.